The van der Waals surface area contributed by atoms with Gasteiger partial charge in [-0.3, -0.25) is 14.4 Å². The van der Waals surface area contributed by atoms with E-state index in [4.69, 9.17) is 4.74 Å². The Hall–Kier alpha value is -4.20. The number of anilines is 2. The quantitative estimate of drug-likeness (QED) is 0.501. The molecule has 164 valence electrons. The summed E-state index contributed by atoms with van der Waals surface area (Å²) in [5.74, 6) is -1.10. The molecule has 7 nitrogen and oxygen atoms in total. The van der Waals surface area contributed by atoms with Gasteiger partial charge >= 0.3 is 0 Å². The largest absolute Gasteiger partial charge is 0.494 e. The second-order valence-corrected chi connectivity index (χ2v) is 6.73. The molecule has 0 unspecified atom stereocenters. The van der Waals surface area contributed by atoms with E-state index >= 15 is 0 Å². The molecule has 8 heteroatoms. The summed E-state index contributed by atoms with van der Waals surface area (Å²) in [6, 6.07) is 18.4. The van der Waals surface area contributed by atoms with E-state index < -0.39 is 23.5 Å². The Morgan fingerprint density at radius 1 is 0.812 bits per heavy atom. The summed E-state index contributed by atoms with van der Waals surface area (Å²) in [6.45, 7) is 2.15. The molecule has 0 radical (unpaired) electrons. The molecule has 3 rings (SSSR count). The highest BCUT2D eigenvalue weighted by Crippen LogP contribution is 2.15. The molecule has 3 amide bonds. The van der Waals surface area contributed by atoms with E-state index in [0.29, 0.717) is 29.3 Å². The normalized spacial score (nSPS) is 10.2. The van der Waals surface area contributed by atoms with Crippen molar-refractivity contribution in [3.63, 3.8) is 0 Å². The summed E-state index contributed by atoms with van der Waals surface area (Å²) in [5, 5.41) is 7.76. The van der Waals surface area contributed by atoms with Crippen LogP contribution in [0.3, 0.4) is 0 Å². The van der Waals surface area contributed by atoms with Crippen molar-refractivity contribution in [1.29, 1.82) is 0 Å². The minimum absolute atomic E-state index is 0.244. The lowest BCUT2D eigenvalue weighted by molar-refractivity contribution is -0.115. The van der Waals surface area contributed by atoms with Crippen molar-refractivity contribution in [2.24, 2.45) is 0 Å². The summed E-state index contributed by atoms with van der Waals surface area (Å²) in [5.41, 5.74) is 1.39. The lowest BCUT2D eigenvalue weighted by Gasteiger charge is -2.10. The van der Waals surface area contributed by atoms with E-state index in [0.717, 1.165) is 0 Å². The Morgan fingerprint density at radius 3 is 2.19 bits per heavy atom. The topological polar surface area (TPSA) is 96.5 Å². The number of hydrogen-bond acceptors (Lipinski definition) is 4. The fraction of sp³-hybridized carbons (Fsp3) is 0.125. The zero-order valence-corrected chi connectivity index (χ0v) is 17.4. The first-order valence-corrected chi connectivity index (χ1v) is 9.92. The fourth-order valence-corrected chi connectivity index (χ4v) is 2.84. The maximum absolute atomic E-state index is 13.3. The van der Waals surface area contributed by atoms with E-state index in [2.05, 4.69) is 16.0 Å². The molecule has 3 aromatic carbocycles. The molecular formula is C24H22FN3O4. The molecule has 0 bridgehead atoms. The standard InChI is InChI=1S/C24H22FN3O4/c1-2-32-21-11-9-16(10-12-21)23(30)26-15-22(29)27-19-7-3-5-17(13-19)24(31)28-20-8-4-6-18(25)14-20/h3-14H,2,15H2,1H3,(H,26,30)(H,27,29)(H,28,31). The number of halogens is 1. The zero-order valence-electron chi connectivity index (χ0n) is 17.4. The SMILES string of the molecule is CCOc1ccc(C(=O)NCC(=O)Nc2cccc(C(=O)Nc3cccc(F)c3)c2)cc1. The van der Waals surface area contributed by atoms with Gasteiger partial charge in [0, 0.05) is 22.5 Å². The maximum Gasteiger partial charge on any atom is 0.255 e. The van der Waals surface area contributed by atoms with Crippen molar-refractivity contribution in [2.75, 3.05) is 23.8 Å². The van der Waals surface area contributed by atoms with E-state index in [1.807, 2.05) is 6.92 Å². The highest BCUT2D eigenvalue weighted by atomic mass is 19.1. The number of carbonyl (C=O) groups excluding carboxylic acids is 3. The van der Waals surface area contributed by atoms with Crippen LogP contribution in [0.4, 0.5) is 15.8 Å². The first-order chi connectivity index (χ1) is 15.4. The average Bonchev–Trinajstić information content (AvgIpc) is 2.78. The molecule has 0 spiro atoms. The molecule has 0 aliphatic rings. The Kier molecular flexibility index (Phi) is 7.53. The third-order valence-corrected chi connectivity index (χ3v) is 4.33. The smallest absolute Gasteiger partial charge is 0.255 e. The van der Waals surface area contributed by atoms with Gasteiger partial charge in [-0.05, 0) is 67.6 Å². The highest BCUT2D eigenvalue weighted by molar-refractivity contribution is 6.05. The van der Waals surface area contributed by atoms with Gasteiger partial charge in [0.15, 0.2) is 0 Å². The fourth-order valence-electron chi connectivity index (χ4n) is 2.84. The number of carbonyl (C=O) groups is 3. The van der Waals surface area contributed by atoms with E-state index in [-0.39, 0.29) is 12.1 Å². The number of benzene rings is 3. The van der Waals surface area contributed by atoms with Gasteiger partial charge in [-0.25, -0.2) is 4.39 Å². The lowest BCUT2D eigenvalue weighted by atomic mass is 10.1. The van der Waals surface area contributed by atoms with Crippen molar-refractivity contribution in [1.82, 2.24) is 5.32 Å². The molecule has 32 heavy (non-hydrogen) atoms. The van der Waals surface area contributed by atoms with Crippen LogP contribution in [0.25, 0.3) is 0 Å². The number of ether oxygens (including phenoxy) is 1. The van der Waals surface area contributed by atoms with Crippen LogP contribution in [0.1, 0.15) is 27.6 Å². The van der Waals surface area contributed by atoms with Gasteiger partial charge < -0.3 is 20.7 Å². The second-order valence-electron chi connectivity index (χ2n) is 6.73. The number of amides is 3. The molecule has 0 aromatic heterocycles. The molecule has 0 fully saturated rings. The number of rotatable bonds is 8. The predicted octanol–water partition coefficient (Wildman–Crippen LogP) is 3.85. The molecule has 0 aliphatic heterocycles. The Bertz CT molecular complexity index is 1120. The van der Waals surface area contributed by atoms with Gasteiger partial charge in [0.2, 0.25) is 5.91 Å². The van der Waals surface area contributed by atoms with Crippen LogP contribution in [0, 0.1) is 5.82 Å². The summed E-state index contributed by atoms with van der Waals surface area (Å²) in [6.07, 6.45) is 0. The monoisotopic (exact) mass is 435 g/mol. The predicted molar refractivity (Wildman–Crippen MR) is 119 cm³/mol. The maximum atomic E-state index is 13.3. The Morgan fingerprint density at radius 2 is 1.50 bits per heavy atom. The summed E-state index contributed by atoms with van der Waals surface area (Å²) in [4.78, 5) is 36.8. The van der Waals surface area contributed by atoms with Crippen LogP contribution >= 0.6 is 0 Å². The average molecular weight is 435 g/mol. The van der Waals surface area contributed by atoms with Crippen molar-refractivity contribution in [3.8, 4) is 5.75 Å². The molecule has 3 N–H and O–H groups in total. The number of hydrogen-bond donors (Lipinski definition) is 3. The molecule has 0 atom stereocenters. The first kappa shape index (κ1) is 22.5. The van der Waals surface area contributed by atoms with Crippen LogP contribution in [-0.4, -0.2) is 30.9 Å². The van der Waals surface area contributed by atoms with Crippen molar-refractivity contribution >= 4 is 29.1 Å². The van der Waals surface area contributed by atoms with Crippen molar-refractivity contribution in [3.05, 3.63) is 89.7 Å². The zero-order chi connectivity index (χ0) is 22.9. The molecule has 0 saturated heterocycles. The van der Waals surface area contributed by atoms with Crippen LogP contribution in [0.2, 0.25) is 0 Å². The minimum atomic E-state index is -0.462. The third-order valence-electron chi connectivity index (χ3n) is 4.33. The molecule has 0 heterocycles. The van der Waals surface area contributed by atoms with Gasteiger partial charge in [-0.15, -0.1) is 0 Å². The van der Waals surface area contributed by atoms with Crippen molar-refractivity contribution < 1.29 is 23.5 Å². The van der Waals surface area contributed by atoms with Crippen LogP contribution < -0.4 is 20.7 Å². The third kappa shape index (κ3) is 6.40. The van der Waals surface area contributed by atoms with E-state index in [9.17, 15) is 18.8 Å². The first-order valence-electron chi connectivity index (χ1n) is 9.92. The lowest BCUT2D eigenvalue weighted by Crippen LogP contribution is -2.32. The van der Waals surface area contributed by atoms with E-state index in [1.54, 1.807) is 48.5 Å². The number of nitrogens with one attached hydrogen (secondary N) is 3. The van der Waals surface area contributed by atoms with Crippen LogP contribution in [-0.2, 0) is 4.79 Å². The summed E-state index contributed by atoms with van der Waals surface area (Å²) >= 11 is 0. The summed E-state index contributed by atoms with van der Waals surface area (Å²) < 4.78 is 18.6. The molecule has 3 aromatic rings. The summed E-state index contributed by atoms with van der Waals surface area (Å²) in [7, 11) is 0. The van der Waals surface area contributed by atoms with Crippen molar-refractivity contribution in [2.45, 2.75) is 6.92 Å². The van der Waals surface area contributed by atoms with Gasteiger partial charge in [0.05, 0.1) is 13.2 Å². The van der Waals surface area contributed by atoms with E-state index in [1.165, 1.54) is 24.3 Å². The van der Waals surface area contributed by atoms with Gasteiger partial charge in [-0.1, -0.05) is 12.1 Å². The van der Waals surface area contributed by atoms with Gasteiger partial charge in [-0.2, -0.15) is 0 Å². The molecule has 0 aliphatic carbocycles. The van der Waals surface area contributed by atoms with Crippen LogP contribution in [0.5, 0.6) is 5.75 Å². The Balaban J connectivity index is 1.53. The van der Waals surface area contributed by atoms with Gasteiger partial charge in [0.1, 0.15) is 11.6 Å². The second kappa shape index (κ2) is 10.7. The minimum Gasteiger partial charge on any atom is -0.494 e. The molecular weight excluding hydrogens is 413 g/mol. The van der Waals surface area contributed by atoms with Gasteiger partial charge in [0.25, 0.3) is 11.8 Å². The Labute approximate surface area is 184 Å². The highest BCUT2D eigenvalue weighted by Gasteiger charge is 2.11. The molecule has 0 saturated carbocycles. The van der Waals surface area contributed by atoms with Crippen LogP contribution in [0.15, 0.2) is 72.8 Å².